The van der Waals surface area contributed by atoms with Crippen molar-refractivity contribution >= 4 is 0 Å². The molecule has 2 aromatic rings. The number of aromatic nitrogens is 6. The summed E-state index contributed by atoms with van der Waals surface area (Å²) in [6, 6.07) is -0.153. The van der Waals surface area contributed by atoms with Crippen molar-refractivity contribution in [1.29, 1.82) is 0 Å². The van der Waals surface area contributed by atoms with Gasteiger partial charge in [0.05, 0.1) is 6.04 Å². The van der Waals surface area contributed by atoms with Gasteiger partial charge in [0.15, 0.2) is 5.82 Å². The first-order valence-corrected chi connectivity index (χ1v) is 6.08. The van der Waals surface area contributed by atoms with Gasteiger partial charge in [0.1, 0.15) is 25.0 Å². The molecule has 1 atom stereocenters. The summed E-state index contributed by atoms with van der Waals surface area (Å²) in [5.41, 5.74) is 5.72. The third-order valence-corrected chi connectivity index (χ3v) is 2.50. The third-order valence-electron chi connectivity index (χ3n) is 2.50. The van der Waals surface area contributed by atoms with Gasteiger partial charge in [-0.1, -0.05) is 13.8 Å². The lowest BCUT2D eigenvalue weighted by atomic mass is 10.2. The molecule has 18 heavy (non-hydrogen) atoms. The number of nitrogens with zero attached hydrogens (tertiary/aromatic N) is 6. The molecular weight excluding hydrogens is 230 g/mol. The molecule has 2 heterocycles. The second kappa shape index (κ2) is 5.26. The Kier molecular flexibility index (Phi) is 3.71. The standard InChI is InChI=1S/C11H19N7/c1-8(2)4-18-10(13-6-15-18)5-17-7-14-11(16-17)9(3)12/h6-9H,4-5,12H2,1-3H3. The van der Waals surface area contributed by atoms with Gasteiger partial charge in [-0.3, -0.25) is 0 Å². The molecule has 7 nitrogen and oxygen atoms in total. The van der Waals surface area contributed by atoms with E-state index in [1.54, 1.807) is 17.3 Å². The van der Waals surface area contributed by atoms with E-state index < -0.39 is 0 Å². The van der Waals surface area contributed by atoms with Crippen molar-refractivity contribution in [3.8, 4) is 0 Å². The quantitative estimate of drug-likeness (QED) is 0.838. The lowest BCUT2D eigenvalue weighted by Crippen LogP contribution is -2.14. The molecule has 2 aromatic heterocycles. The van der Waals surface area contributed by atoms with E-state index in [4.69, 9.17) is 5.73 Å². The maximum Gasteiger partial charge on any atom is 0.166 e. The van der Waals surface area contributed by atoms with Gasteiger partial charge in [-0.05, 0) is 12.8 Å². The Balaban J connectivity index is 2.10. The van der Waals surface area contributed by atoms with Gasteiger partial charge in [0.25, 0.3) is 0 Å². The summed E-state index contributed by atoms with van der Waals surface area (Å²) in [5, 5.41) is 8.52. The average molecular weight is 249 g/mol. The summed E-state index contributed by atoms with van der Waals surface area (Å²) in [6.45, 7) is 7.57. The van der Waals surface area contributed by atoms with Crippen molar-refractivity contribution in [2.45, 2.75) is 39.9 Å². The Hall–Kier alpha value is -1.76. The predicted molar refractivity (Wildman–Crippen MR) is 66.6 cm³/mol. The summed E-state index contributed by atoms with van der Waals surface area (Å²) in [4.78, 5) is 8.41. The molecule has 1 unspecified atom stereocenters. The molecule has 0 amide bonds. The van der Waals surface area contributed by atoms with Crippen molar-refractivity contribution in [2.24, 2.45) is 11.7 Å². The van der Waals surface area contributed by atoms with E-state index in [0.717, 1.165) is 12.4 Å². The third kappa shape index (κ3) is 2.92. The number of nitrogens with two attached hydrogens (primary N) is 1. The summed E-state index contributed by atoms with van der Waals surface area (Å²) in [7, 11) is 0. The molecule has 0 aliphatic rings. The number of hydrogen-bond donors (Lipinski definition) is 1. The van der Waals surface area contributed by atoms with Gasteiger partial charge in [-0.25, -0.2) is 19.3 Å². The van der Waals surface area contributed by atoms with Crippen molar-refractivity contribution in [3.63, 3.8) is 0 Å². The molecule has 0 spiro atoms. The molecule has 0 aromatic carbocycles. The largest absolute Gasteiger partial charge is 0.321 e. The zero-order valence-corrected chi connectivity index (χ0v) is 11.0. The number of rotatable bonds is 5. The molecule has 0 saturated carbocycles. The van der Waals surface area contributed by atoms with Crippen LogP contribution in [0.2, 0.25) is 0 Å². The van der Waals surface area contributed by atoms with Gasteiger partial charge in [-0.15, -0.1) is 0 Å². The fraction of sp³-hybridized carbons (Fsp3) is 0.636. The van der Waals surface area contributed by atoms with E-state index in [1.165, 1.54) is 0 Å². The maximum atomic E-state index is 5.72. The van der Waals surface area contributed by atoms with E-state index >= 15 is 0 Å². The molecular formula is C11H19N7. The van der Waals surface area contributed by atoms with E-state index in [0.29, 0.717) is 18.3 Å². The highest BCUT2D eigenvalue weighted by Crippen LogP contribution is 2.05. The van der Waals surface area contributed by atoms with Crippen LogP contribution >= 0.6 is 0 Å². The van der Waals surface area contributed by atoms with Crippen LogP contribution in [0.1, 0.15) is 38.5 Å². The van der Waals surface area contributed by atoms with Crippen LogP contribution in [0.4, 0.5) is 0 Å². The summed E-state index contributed by atoms with van der Waals surface area (Å²) in [6.07, 6.45) is 3.24. The highest BCUT2D eigenvalue weighted by molar-refractivity contribution is 4.91. The minimum atomic E-state index is -0.153. The second-order valence-electron chi connectivity index (χ2n) is 4.84. The predicted octanol–water partition coefficient (Wildman–Crippen LogP) is 0.594. The van der Waals surface area contributed by atoms with E-state index in [9.17, 15) is 0 Å². The van der Waals surface area contributed by atoms with Crippen molar-refractivity contribution in [2.75, 3.05) is 0 Å². The molecule has 98 valence electrons. The Labute approximate surface area is 106 Å². The van der Waals surface area contributed by atoms with Gasteiger partial charge < -0.3 is 5.73 Å². The first-order valence-electron chi connectivity index (χ1n) is 6.08. The Morgan fingerprint density at radius 2 is 2.06 bits per heavy atom. The van der Waals surface area contributed by atoms with E-state index in [-0.39, 0.29) is 6.04 Å². The lowest BCUT2D eigenvalue weighted by Gasteiger charge is -2.08. The summed E-state index contributed by atoms with van der Waals surface area (Å²) >= 11 is 0. The molecule has 2 N–H and O–H groups in total. The Bertz CT molecular complexity index is 497. The molecule has 0 aliphatic carbocycles. The van der Waals surface area contributed by atoms with Crippen molar-refractivity contribution < 1.29 is 0 Å². The Morgan fingerprint density at radius 1 is 1.28 bits per heavy atom. The Morgan fingerprint density at radius 3 is 2.67 bits per heavy atom. The monoisotopic (exact) mass is 249 g/mol. The highest BCUT2D eigenvalue weighted by atomic mass is 15.4. The zero-order chi connectivity index (χ0) is 13.1. The van der Waals surface area contributed by atoms with Gasteiger partial charge in [-0.2, -0.15) is 10.2 Å². The zero-order valence-electron chi connectivity index (χ0n) is 11.0. The fourth-order valence-corrected chi connectivity index (χ4v) is 1.65. The normalized spacial score (nSPS) is 13.2. The fourth-order valence-electron chi connectivity index (χ4n) is 1.65. The second-order valence-corrected chi connectivity index (χ2v) is 4.84. The van der Waals surface area contributed by atoms with E-state index in [2.05, 4.69) is 34.0 Å². The molecule has 0 saturated heterocycles. The van der Waals surface area contributed by atoms with Gasteiger partial charge in [0.2, 0.25) is 0 Å². The lowest BCUT2D eigenvalue weighted by molar-refractivity contribution is 0.455. The first-order chi connectivity index (χ1) is 8.56. The minimum Gasteiger partial charge on any atom is -0.321 e. The van der Waals surface area contributed by atoms with Crippen LogP contribution in [0, 0.1) is 5.92 Å². The van der Waals surface area contributed by atoms with Crippen LogP contribution in [-0.2, 0) is 13.1 Å². The average Bonchev–Trinajstić information content (AvgIpc) is 2.89. The maximum absolute atomic E-state index is 5.72. The molecule has 0 radical (unpaired) electrons. The van der Waals surface area contributed by atoms with Crippen LogP contribution in [0.3, 0.4) is 0 Å². The first kappa shape index (κ1) is 12.7. The SMILES string of the molecule is CC(C)Cn1ncnc1Cn1cnc(C(C)N)n1. The summed E-state index contributed by atoms with van der Waals surface area (Å²) < 4.78 is 3.64. The number of hydrogen-bond acceptors (Lipinski definition) is 5. The van der Waals surface area contributed by atoms with Crippen LogP contribution in [0.15, 0.2) is 12.7 Å². The van der Waals surface area contributed by atoms with Crippen LogP contribution in [0.5, 0.6) is 0 Å². The topological polar surface area (TPSA) is 87.4 Å². The highest BCUT2D eigenvalue weighted by Gasteiger charge is 2.10. The molecule has 7 heteroatoms. The van der Waals surface area contributed by atoms with Gasteiger partial charge >= 0.3 is 0 Å². The minimum absolute atomic E-state index is 0.153. The van der Waals surface area contributed by atoms with Crippen LogP contribution < -0.4 is 5.73 Å². The van der Waals surface area contributed by atoms with Gasteiger partial charge in [0, 0.05) is 6.54 Å². The van der Waals surface area contributed by atoms with Crippen LogP contribution in [-0.4, -0.2) is 29.5 Å². The van der Waals surface area contributed by atoms with Crippen LogP contribution in [0.25, 0.3) is 0 Å². The summed E-state index contributed by atoms with van der Waals surface area (Å²) in [5.74, 6) is 2.05. The van der Waals surface area contributed by atoms with Crippen molar-refractivity contribution in [1.82, 2.24) is 29.5 Å². The molecule has 0 aliphatic heterocycles. The molecule has 0 bridgehead atoms. The van der Waals surface area contributed by atoms with E-state index in [1.807, 2.05) is 11.6 Å². The molecule has 2 rings (SSSR count). The molecule has 0 fully saturated rings. The van der Waals surface area contributed by atoms with Crippen molar-refractivity contribution in [3.05, 3.63) is 24.3 Å². The smallest absolute Gasteiger partial charge is 0.166 e.